The van der Waals surface area contributed by atoms with Crippen molar-refractivity contribution in [1.29, 1.82) is 0 Å². The van der Waals surface area contributed by atoms with Gasteiger partial charge in [-0.1, -0.05) is 13.8 Å². The molecule has 1 unspecified atom stereocenters. The van der Waals surface area contributed by atoms with Gasteiger partial charge >= 0.3 is 0 Å². The molecule has 0 fully saturated rings. The SMILES string of the molecule is CCC(CC)NCCCC(C=O)CC(=O)N(C)C. The van der Waals surface area contributed by atoms with Crippen LogP contribution in [-0.2, 0) is 9.59 Å². The van der Waals surface area contributed by atoms with Gasteiger partial charge in [0.05, 0.1) is 0 Å². The first-order chi connectivity index (χ1) is 8.54. The number of carbonyl (C=O) groups is 2. The van der Waals surface area contributed by atoms with Gasteiger partial charge in [-0.2, -0.15) is 0 Å². The van der Waals surface area contributed by atoms with Crippen LogP contribution >= 0.6 is 0 Å². The van der Waals surface area contributed by atoms with Gasteiger partial charge in [0, 0.05) is 32.5 Å². The van der Waals surface area contributed by atoms with Crippen molar-refractivity contribution in [2.24, 2.45) is 5.92 Å². The molecule has 0 aromatic carbocycles. The molecule has 0 saturated heterocycles. The maximum Gasteiger partial charge on any atom is 0.222 e. The third-order valence-corrected chi connectivity index (χ3v) is 3.30. The molecule has 0 aliphatic rings. The summed E-state index contributed by atoms with van der Waals surface area (Å²) in [6.07, 6.45) is 5.25. The van der Waals surface area contributed by atoms with Gasteiger partial charge < -0.3 is 15.0 Å². The fourth-order valence-electron chi connectivity index (χ4n) is 1.87. The molecule has 1 N–H and O–H groups in total. The fourth-order valence-corrected chi connectivity index (χ4v) is 1.87. The number of amides is 1. The Morgan fingerprint density at radius 1 is 1.28 bits per heavy atom. The zero-order chi connectivity index (χ0) is 14.0. The van der Waals surface area contributed by atoms with E-state index in [1.54, 1.807) is 19.0 Å². The van der Waals surface area contributed by atoms with E-state index < -0.39 is 0 Å². The van der Waals surface area contributed by atoms with Crippen LogP contribution in [0.2, 0.25) is 0 Å². The summed E-state index contributed by atoms with van der Waals surface area (Å²) in [6.45, 7) is 5.27. The number of hydrogen-bond acceptors (Lipinski definition) is 3. The lowest BCUT2D eigenvalue weighted by Gasteiger charge is -2.16. The topological polar surface area (TPSA) is 49.4 Å². The van der Waals surface area contributed by atoms with Gasteiger partial charge in [-0.15, -0.1) is 0 Å². The number of carbonyl (C=O) groups excluding carboxylic acids is 2. The number of rotatable bonds is 10. The molecule has 4 heteroatoms. The summed E-state index contributed by atoms with van der Waals surface area (Å²) in [6, 6.07) is 0.572. The van der Waals surface area contributed by atoms with E-state index in [0.29, 0.717) is 12.5 Å². The molecule has 106 valence electrons. The van der Waals surface area contributed by atoms with Crippen molar-refractivity contribution in [3.05, 3.63) is 0 Å². The minimum Gasteiger partial charge on any atom is -0.349 e. The van der Waals surface area contributed by atoms with Crippen LogP contribution in [-0.4, -0.2) is 43.8 Å². The Labute approximate surface area is 111 Å². The maximum atomic E-state index is 11.5. The van der Waals surface area contributed by atoms with Crippen LogP contribution in [0, 0.1) is 5.92 Å². The number of nitrogens with one attached hydrogen (secondary N) is 1. The predicted molar refractivity (Wildman–Crippen MR) is 74.5 cm³/mol. The van der Waals surface area contributed by atoms with Gasteiger partial charge in [-0.25, -0.2) is 0 Å². The molecular formula is C14H28N2O2. The molecule has 0 spiro atoms. The summed E-state index contributed by atoms with van der Waals surface area (Å²) in [5.41, 5.74) is 0. The highest BCUT2D eigenvalue weighted by atomic mass is 16.2. The second-order valence-corrected chi connectivity index (χ2v) is 5.00. The first kappa shape index (κ1) is 17.1. The fraction of sp³-hybridized carbons (Fsp3) is 0.857. The Balaban J connectivity index is 3.81. The lowest BCUT2D eigenvalue weighted by atomic mass is 10.0. The zero-order valence-corrected chi connectivity index (χ0v) is 12.2. The van der Waals surface area contributed by atoms with Crippen molar-refractivity contribution >= 4 is 12.2 Å². The van der Waals surface area contributed by atoms with Crippen molar-refractivity contribution in [3.8, 4) is 0 Å². The number of nitrogens with zero attached hydrogens (tertiary/aromatic N) is 1. The van der Waals surface area contributed by atoms with E-state index in [1.807, 2.05) is 0 Å². The van der Waals surface area contributed by atoms with E-state index in [-0.39, 0.29) is 11.8 Å². The van der Waals surface area contributed by atoms with Crippen molar-refractivity contribution in [3.63, 3.8) is 0 Å². The number of aldehydes is 1. The summed E-state index contributed by atoms with van der Waals surface area (Å²) < 4.78 is 0. The van der Waals surface area contributed by atoms with Gasteiger partial charge in [0.1, 0.15) is 6.29 Å². The van der Waals surface area contributed by atoms with Crippen molar-refractivity contribution in [2.75, 3.05) is 20.6 Å². The molecule has 0 saturated carbocycles. The molecule has 18 heavy (non-hydrogen) atoms. The predicted octanol–water partition coefficient (Wildman–Crippen LogP) is 1.84. The minimum absolute atomic E-state index is 0.0278. The van der Waals surface area contributed by atoms with Gasteiger partial charge in [0.15, 0.2) is 0 Å². The van der Waals surface area contributed by atoms with Crippen LogP contribution in [0.4, 0.5) is 0 Å². The molecule has 0 rings (SSSR count). The zero-order valence-electron chi connectivity index (χ0n) is 12.2. The van der Waals surface area contributed by atoms with Crippen LogP contribution < -0.4 is 5.32 Å². The van der Waals surface area contributed by atoms with Crippen molar-refractivity contribution in [1.82, 2.24) is 10.2 Å². The van der Waals surface area contributed by atoms with Crippen LogP contribution in [0.25, 0.3) is 0 Å². The quantitative estimate of drug-likeness (QED) is 0.479. The highest BCUT2D eigenvalue weighted by molar-refractivity contribution is 5.78. The average molecular weight is 256 g/mol. The van der Waals surface area contributed by atoms with E-state index in [0.717, 1.165) is 38.5 Å². The molecule has 0 aromatic heterocycles. The lowest BCUT2D eigenvalue weighted by Crippen LogP contribution is -2.29. The van der Waals surface area contributed by atoms with Gasteiger partial charge in [0.2, 0.25) is 5.91 Å². The van der Waals surface area contributed by atoms with Gasteiger partial charge in [-0.3, -0.25) is 4.79 Å². The molecule has 0 aromatic rings. The van der Waals surface area contributed by atoms with Crippen LogP contribution in [0.1, 0.15) is 46.0 Å². The molecule has 1 atom stereocenters. The molecule has 0 aliphatic carbocycles. The third kappa shape index (κ3) is 7.43. The van der Waals surface area contributed by atoms with Gasteiger partial charge in [0.25, 0.3) is 0 Å². The summed E-state index contributed by atoms with van der Waals surface area (Å²) in [5.74, 6) is -0.108. The normalized spacial score (nSPS) is 12.5. The third-order valence-electron chi connectivity index (χ3n) is 3.30. The van der Waals surface area contributed by atoms with Crippen molar-refractivity contribution in [2.45, 2.75) is 52.0 Å². The van der Waals surface area contributed by atoms with E-state index in [1.165, 1.54) is 0 Å². The highest BCUT2D eigenvalue weighted by Gasteiger charge is 2.14. The Morgan fingerprint density at radius 2 is 1.89 bits per heavy atom. The molecule has 0 bridgehead atoms. The smallest absolute Gasteiger partial charge is 0.222 e. The summed E-state index contributed by atoms with van der Waals surface area (Å²) in [5, 5.41) is 3.46. The minimum atomic E-state index is -0.136. The standard InChI is InChI=1S/C14H28N2O2/c1-5-13(6-2)15-9-7-8-12(11-17)10-14(18)16(3)4/h11-13,15H,5-10H2,1-4H3. The Morgan fingerprint density at radius 3 is 2.33 bits per heavy atom. The molecule has 1 amide bonds. The second-order valence-electron chi connectivity index (χ2n) is 5.00. The summed E-state index contributed by atoms with van der Waals surface area (Å²) in [7, 11) is 3.44. The van der Waals surface area contributed by atoms with Crippen molar-refractivity contribution < 1.29 is 9.59 Å². The average Bonchev–Trinajstić information content (AvgIpc) is 2.37. The maximum absolute atomic E-state index is 11.5. The molecule has 0 radical (unpaired) electrons. The summed E-state index contributed by atoms with van der Waals surface area (Å²) >= 11 is 0. The molecule has 4 nitrogen and oxygen atoms in total. The van der Waals surface area contributed by atoms with Gasteiger partial charge in [-0.05, 0) is 32.2 Å². The molecule has 0 heterocycles. The summed E-state index contributed by atoms with van der Waals surface area (Å²) in [4.78, 5) is 24.0. The van der Waals surface area contributed by atoms with E-state index in [9.17, 15) is 9.59 Å². The first-order valence-electron chi connectivity index (χ1n) is 6.93. The van der Waals surface area contributed by atoms with Crippen LogP contribution in [0.3, 0.4) is 0 Å². The van der Waals surface area contributed by atoms with Crippen LogP contribution in [0.5, 0.6) is 0 Å². The monoisotopic (exact) mass is 256 g/mol. The Hall–Kier alpha value is -0.900. The Bertz CT molecular complexity index is 238. The van der Waals surface area contributed by atoms with Crippen LogP contribution in [0.15, 0.2) is 0 Å². The van der Waals surface area contributed by atoms with E-state index >= 15 is 0 Å². The number of hydrogen-bond donors (Lipinski definition) is 1. The van der Waals surface area contributed by atoms with E-state index in [4.69, 9.17) is 0 Å². The lowest BCUT2D eigenvalue weighted by molar-refractivity contribution is -0.131. The first-order valence-corrected chi connectivity index (χ1v) is 6.93. The highest BCUT2D eigenvalue weighted by Crippen LogP contribution is 2.09. The second kappa shape index (κ2) is 10.1. The molecule has 0 aliphatic heterocycles. The molecular weight excluding hydrogens is 228 g/mol. The Kier molecular flexibility index (Phi) is 9.56. The van der Waals surface area contributed by atoms with E-state index in [2.05, 4.69) is 19.2 Å². The largest absolute Gasteiger partial charge is 0.349 e.